The van der Waals surface area contributed by atoms with Gasteiger partial charge in [0.25, 0.3) is 0 Å². The number of nitrogens with one attached hydrogen (secondary N) is 1. The van der Waals surface area contributed by atoms with Crippen LogP contribution in [0.15, 0.2) is 18.2 Å². The summed E-state index contributed by atoms with van der Waals surface area (Å²) in [4.78, 5) is 8.48. The first-order valence-electron chi connectivity index (χ1n) is 6.27. The number of para-hydroxylation sites is 1. The van der Waals surface area contributed by atoms with Gasteiger partial charge in [-0.05, 0) is 19.9 Å². The van der Waals surface area contributed by atoms with Crippen LogP contribution in [0.1, 0.15) is 17.0 Å². The third-order valence-electron chi connectivity index (χ3n) is 3.12. The molecule has 1 aromatic heterocycles. The van der Waals surface area contributed by atoms with Gasteiger partial charge in [-0.15, -0.1) is 0 Å². The highest BCUT2D eigenvalue weighted by Gasteiger charge is 2.17. The number of hydrogen-bond donors (Lipinski definition) is 1. The molecular formula is C14H14ClN3O2. The Kier molecular flexibility index (Phi) is 3.36. The van der Waals surface area contributed by atoms with E-state index in [-0.39, 0.29) is 6.79 Å². The van der Waals surface area contributed by atoms with Crippen LogP contribution in [-0.2, 0) is 6.54 Å². The average molecular weight is 292 g/mol. The minimum absolute atomic E-state index is 0.268. The molecule has 2 aromatic rings. The third-order valence-corrected chi connectivity index (χ3v) is 3.49. The second-order valence-electron chi connectivity index (χ2n) is 4.54. The molecule has 0 atom stereocenters. The molecule has 0 amide bonds. The summed E-state index contributed by atoms with van der Waals surface area (Å²) >= 11 is 6.06. The fourth-order valence-corrected chi connectivity index (χ4v) is 2.29. The van der Waals surface area contributed by atoms with Gasteiger partial charge in [0.15, 0.2) is 11.5 Å². The van der Waals surface area contributed by atoms with Gasteiger partial charge in [-0.3, -0.25) is 0 Å². The van der Waals surface area contributed by atoms with E-state index in [0.29, 0.717) is 17.5 Å². The summed E-state index contributed by atoms with van der Waals surface area (Å²) in [6, 6.07) is 5.82. The smallest absolute Gasteiger partial charge is 0.231 e. The molecule has 20 heavy (non-hydrogen) atoms. The van der Waals surface area contributed by atoms with E-state index in [1.165, 1.54) is 0 Å². The van der Waals surface area contributed by atoms with E-state index in [2.05, 4.69) is 15.3 Å². The molecule has 2 heterocycles. The van der Waals surface area contributed by atoms with Crippen LogP contribution in [0.4, 0.5) is 5.82 Å². The maximum Gasteiger partial charge on any atom is 0.231 e. The molecule has 3 rings (SSSR count). The topological polar surface area (TPSA) is 56.3 Å². The Morgan fingerprint density at radius 2 is 2.10 bits per heavy atom. The van der Waals surface area contributed by atoms with Crippen LogP contribution in [0, 0.1) is 13.8 Å². The van der Waals surface area contributed by atoms with Crippen molar-refractivity contribution >= 4 is 17.4 Å². The predicted molar refractivity (Wildman–Crippen MR) is 76.4 cm³/mol. The van der Waals surface area contributed by atoms with Gasteiger partial charge in [0, 0.05) is 17.7 Å². The number of fused-ring (bicyclic) bond motifs is 1. The van der Waals surface area contributed by atoms with Crippen molar-refractivity contribution in [3.63, 3.8) is 0 Å². The lowest BCUT2D eigenvalue weighted by atomic mass is 10.2. The van der Waals surface area contributed by atoms with E-state index in [1.807, 2.05) is 32.0 Å². The lowest BCUT2D eigenvalue weighted by molar-refractivity contribution is 0.173. The van der Waals surface area contributed by atoms with Gasteiger partial charge in [-0.2, -0.15) is 0 Å². The molecule has 1 aliphatic rings. The molecule has 104 valence electrons. The zero-order valence-corrected chi connectivity index (χ0v) is 12.0. The fourth-order valence-electron chi connectivity index (χ4n) is 2.08. The molecule has 0 spiro atoms. The Hall–Kier alpha value is -2.01. The maximum absolute atomic E-state index is 6.06. The molecule has 0 unspecified atom stereocenters. The van der Waals surface area contributed by atoms with Crippen molar-refractivity contribution in [2.75, 3.05) is 12.1 Å². The largest absolute Gasteiger partial charge is 0.454 e. The molecular weight excluding hydrogens is 278 g/mol. The van der Waals surface area contributed by atoms with E-state index in [4.69, 9.17) is 21.1 Å². The van der Waals surface area contributed by atoms with Gasteiger partial charge in [-0.1, -0.05) is 23.7 Å². The minimum atomic E-state index is 0.268. The summed E-state index contributed by atoms with van der Waals surface area (Å²) in [6.45, 7) is 4.55. The lowest BCUT2D eigenvalue weighted by Gasteiger charge is -2.11. The highest BCUT2D eigenvalue weighted by atomic mass is 35.5. The van der Waals surface area contributed by atoms with Gasteiger partial charge in [0.2, 0.25) is 6.79 Å². The molecule has 0 saturated heterocycles. The number of ether oxygens (including phenoxy) is 2. The molecule has 0 radical (unpaired) electrons. The van der Waals surface area contributed by atoms with E-state index >= 15 is 0 Å². The lowest BCUT2D eigenvalue weighted by Crippen LogP contribution is -2.06. The van der Waals surface area contributed by atoms with E-state index in [1.54, 1.807) is 0 Å². The zero-order chi connectivity index (χ0) is 14.1. The molecule has 1 N–H and O–H groups in total. The first-order valence-corrected chi connectivity index (χ1v) is 6.65. The summed E-state index contributed by atoms with van der Waals surface area (Å²) in [5.41, 5.74) is 1.86. The molecule has 1 aromatic carbocycles. The molecule has 0 fully saturated rings. The normalized spacial score (nSPS) is 12.6. The van der Waals surface area contributed by atoms with Crippen LogP contribution in [-0.4, -0.2) is 16.8 Å². The first-order chi connectivity index (χ1) is 9.65. The second-order valence-corrected chi connectivity index (χ2v) is 4.90. The Labute approximate surface area is 121 Å². The van der Waals surface area contributed by atoms with Gasteiger partial charge < -0.3 is 14.8 Å². The number of nitrogens with zero attached hydrogens (tertiary/aromatic N) is 2. The quantitative estimate of drug-likeness (QED) is 0.881. The summed E-state index contributed by atoms with van der Waals surface area (Å²) < 4.78 is 10.8. The van der Waals surface area contributed by atoms with Crippen LogP contribution in [0.5, 0.6) is 11.5 Å². The number of aryl methyl sites for hydroxylation is 1. The van der Waals surface area contributed by atoms with E-state index in [0.717, 1.165) is 28.4 Å². The Bertz CT molecular complexity index is 661. The van der Waals surface area contributed by atoms with Gasteiger partial charge in [0.1, 0.15) is 16.8 Å². The van der Waals surface area contributed by atoms with Crippen molar-refractivity contribution in [3.05, 3.63) is 40.3 Å². The first kappa shape index (κ1) is 13.0. The SMILES string of the molecule is Cc1nc(Cl)c(C)c(NCc2cccc3c2OCO3)n1. The Morgan fingerprint density at radius 3 is 2.95 bits per heavy atom. The van der Waals surface area contributed by atoms with Crippen molar-refractivity contribution in [1.82, 2.24) is 9.97 Å². The summed E-state index contributed by atoms with van der Waals surface area (Å²) in [5.74, 6) is 2.94. The standard InChI is InChI=1S/C14H14ClN3O2/c1-8-13(15)17-9(2)18-14(8)16-6-10-4-3-5-11-12(10)20-7-19-11/h3-5H,6-7H2,1-2H3,(H,16,17,18). The van der Waals surface area contributed by atoms with Crippen LogP contribution < -0.4 is 14.8 Å². The van der Waals surface area contributed by atoms with E-state index < -0.39 is 0 Å². The Balaban J connectivity index is 1.83. The van der Waals surface area contributed by atoms with Gasteiger partial charge in [-0.25, -0.2) is 9.97 Å². The number of rotatable bonds is 3. The van der Waals surface area contributed by atoms with Crippen molar-refractivity contribution in [2.24, 2.45) is 0 Å². The van der Waals surface area contributed by atoms with Crippen molar-refractivity contribution in [1.29, 1.82) is 0 Å². The number of halogens is 1. The molecule has 0 aliphatic carbocycles. The molecule has 0 saturated carbocycles. The number of benzene rings is 1. The highest BCUT2D eigenvalue weighted by Crippen LogP contribution is 2.35. The second kappa shape index (κ2) is 5.17. The summed E-state index contributed by atoms with van der Waals surface area (Å²) in [7, 11) is 0. The monoisotopic (exact) mass is 291 g/mol. The average Bonchev–Trinajstić information content (AvgIpc) is 2.90. The number of hydrogen-bond acceptors (Lipinski definition) is 5. The van der Waals surface area contributed by atoms with Crippen molar-refractivity contribution in [2.45, 2.75) is 20.4 Å². The van der Waals surface area contributed by atoms with Gasteiger partial charge >= 0.3 is 0 Å². The molecule has 5 nitrogen and oxygen atoms in total. The zero-order valence-electron chi connectivity index (χ0n) is 11.2. The van der Waals surface area contributed by atoms with Crippen molar-refractivity contribution in [3.8, 4) is 11.5 Å². The fraction of sp³-hybridized carbons (Fsp3) is 0.286. The molecule has 6 heteroatoms. The summed E-state index contributed by atoms with van der Waals surface area (Å²) in [5, 5.41) is 3.74. The molecule has 1 aliphatic heterocycles. The van der Waals surface area contributed by atoms with Crippen LogP contribution in [0.3, 0.4) is 0 Å². The number of aromatic nitrogens is 2. The molecule has 0 bridgehead atoms. The predicted octanol–water partition coefficient (Wildman–Crippen LogP) is 3.09. The third kappa shape index (κ3) is 2.36. The highest BCUT2D eigenvalue weighted by molar-refractivity contribution is 6.30. The van der Waals surface area contributed by atoms with Crippen molar-refractivity contribution < 1.29 is 9.47 Å². The minimum Gasteiger partial charge on any atom is -0.454 e. The number of anilines is 1. The van der Waals surface area contributed by atoms with E-state index in [9.17, 15) is 0 Å². The Morgan fingerprint density at radius 1 is 1.25 bits per heavy atom. The van der Waals surface area contributed by atoms with Crippen LogP contribution in [0.2, 0.25) is 5.15 Å². The van der Waals surface area contributed by atoms with Crippen LogP contribution >= 0.6 is 11.6 Å². The summed E-state index contributed by atoms with van der Waals surface area (Å²) in [6.07, 6.45) is 0. The van der Waals surface area contributed by atoms with Crippen LogP contribution in [0.25, 0.3) is 0 Å². The maximum atomic E-state index is 6.06. The van der Waals surface area contributed by atoms with Gasteiger partial charge in [0.05, 0.1) is 0 Å².